The molecule has 0 aromatic heterocycles. The predicted molar refractivity (Wildman–Crippen MR) is 100 cm³/mol. The second-order valence-corrected chi connectivity index (χ2v) is 9.21. The SMILES string of the molecule is CC1(C)CB(c2ccc(N3C4CCC3CC(O)C4)cc2)OC1(C)C. The second-order valence-electron chi connectivity index (χ2n) is 9.21. The van der Waals surface area contributed by atoms with Crippen LogP contribution in [0.15, 0.2) is 24.3 Å². The molecule has 0 aliphatic carbocycles. The van der Waals surface area contributed by atoms with Crippen molar-refractivity contribution < 1.29 is 9.76 Å². The molecule has 1 N–H and O–H groups in total. The van der Waals surface area contributed by atoms with Crippen LogP contribution >= 0.6 is 0 Å². The van der Waals surface area contributed by atoms with Crippen LogP contribution in [0.3, 0.4) is 0 Å². The van der Waals surface area contributed by atoms with E-state index in [9.17, 15) is 5.11 Å². The first-order valence-electron chi connectivity index (χ1n) is 9.51. The molecule has 3 aliphatic heterocycles. The van der Waals surface area contributed by atoms with Crippen molar-refractivity contribution >= 4 is 18.1 Å². The molecule has 2 bridgehead atoms. The molecule has 3 heterocycles. The van der Waals surface area contributed by atoms with Crippen LogP contribution in [-0.4, -0.2) is 35.8 Å². The smallest absolute Gasteiger partial charge is 0.327 e. The molecule has 0 radical (unpaired) electrons. The highest BCUT2D eigenvalue weighted by molar-refractivity contribution is 6.68. The maximum Gasteiger partial charge on any atom is 0.327 e. The third-order valence-corrected chi connectivity index (χ3v) is 7.03. The highest BCUT2D eigenvalue weighted by Gasteiger charge is 2.49. The average Bonchev–Trinajstić information content (AvgIpc) is 2.89. The Balaban J connectivity index is 1.52. The third kappa shape index (κ3) is 2.59. The molecular weight excluding hydrogens is 297 g/mol. The van der Waals surface area contributed by atoms with Gasteiger partial charge in [0.05, 0.1) is 11.7 Å². The van der Waals surface area contributed by atoms with E-state index in [0.29, 0.717) is 12.1 Å². The minimum atomic E-state index is -0.102. The highest BCUT2D eigenvalue weighted by Crippen LogP contribution is 2.45. The van der Waals surface area contributed by atoms with Gasteiger partial charge in [0.2, 0.25) is 0 Å². The number of rotatable bonds is 2. The van der Waals surface area contributed by atoms with Crippen molar-refractivity contribution in [2.45, 2.75) is 83.5 Å². The van der Waals surface area contributed by atoms with Crippen LogP contribution < -0.4 is 10.4 Å². The van der Waals surface area contributed by atoms with Gasteiger partial charge in [-0.05, 0) is 68.9 Å². The summed E-state index contributed by atoms with van der Waals surface area (Å²) in [6, 6.07) is 10.1. The van der Waals surface area contributed by atoms with Crippen LogP contribution in [0.4, 0.5) is 5.69 Å². The molecule has 2 atom stereocenters. The van der Waals surface area contributed by atoms with E-state index in [1.807, 2.05) is 0 Å². The lowest BCUT2D eigenvalue weighted by atomic mass is 9.54. The summed E-state index contributed by atoms with van der Waals surface area (Å²) in [5.74, 6) is 0. The number of nitrogens with zero attached hydrogens (tertiary/aromatic N) is 1. The summed E-state index contributed by atoms with van der Waals surface area (Å²) in [4.78, 5) is 2.56. The van der Waals surface area contributed by atoms with Crippen molar-refractivity contribution in [1.29, 1.82) is 0 Å². The first-order valence-corrected chi connectivity index (χ1v) is 9.51. The minimum Gasteiger partial charge on any atom is -0.426 e. The molecule has 2 unspecified atom stereocenters. The molecule has 4 heteroatoms. The molecule has 4 rings (SSSR count). The fraction of sp³-hybridized carbons (Fsp3) is 0.700. The maximum atomic E-state index is 10.00. The van der Waals surface area contributed by atoms with Gasteiger partial charge in [-0.2, -0.15) is 0 Å². The van der Waals surface area contributed by atoms with Gasteiger partial charge >= 0.3 is 6.92 Å². The Morgan fingerprint density at radius 1 is 1.04 bits per heavy atom. The summed E-state index contributed by atoms with van der Waals surface area (Å²) in [6.07, 6.45) is 5.25. The van der Waals surface area contributed by atoms with Gasteiger partial charge in [-0.15, -0.1) is 0 Å². The lowest BCUT2D eigenvalue weighted by Crippen LogP contribution is -2.45. The zero-order valence-electron chi connectivity index (χ0n) is 15.5. The number of hydrogen-bond acceptors (Lipinski definition) is 3. The monoisotopic (exact) mass is 327 g/mol. The van der Waals surface area contributed by atoms with E-state index in [1.165, 1.54) is 24.0 Å². The van der Waals surface area contributed by atoms with Gasteiger partial charge < -0.3 is 14.7 Å². The normalized spacial score (nSPS) is 34.0. The van der Waals surface area contributed by atoms with Gasteiger partial charge in [0.15, 0.2) is 0 Å². The summed E-state index contributed by atoms with van der Waals surface area (Å²) < 4.78 is 6.36. The first-order chi connectivity index (χ1) is 11.3. The molecule has 3 saturated heterocycles. The Labute approximate surface area is 146 Å². The van der Waals surface area contributed by atoms with Gasteiger partial charge in [0, 0.05) is 17.8 Å². The van der Waals surface area contributed by atoms with E-state index >= 15 is 0 Å². The Hall–Kier alpha value is -0.995. The molecule has 3 nitrogen and oxygen atoms in total. The summed E-state index contributed by atoms with van der Waals surface area (Å²) in [7, 11) is 0. The fourth-order valence-electron chi connectivity index (χ4n) is 4.88. The third-order valence-electron chi connectivity index (χ3n) is 7.03. The molecule has 0 amide bonds. The number of hydrogen-bond donors (Lipinski definition) is 1. The quantitative estimate of drug-likeness (QED) is 0.847. The van der Waals surface area contributed by atoms with Crippen molar-refractivity contribution in [2.75, 3.05) is 4.90 Å². The fourth-order valence-corrected chi connectivity index (χ4v) is 4.88. The van der Waals surface area contributed by atoms with Gasteiger partial charge in [-0.25, -0.2) is 0 Å². The van der Waals surface area contributed by atoms with E-state index < -0.39 is 0 Å². The molecule has 0 spiro atoms. The van der Waals surface area contributed by atoms with E-state index in [1.54, 1.807) is 0 Å². The zero-order chi connectivity index (χ0) is 17.1. The lowest BCUT2D eigenvalue weighted by molar-refractivity contribution is 0.0375. The number of piperidine rings is 1. The Bertz CT molecular complexity index is 583. The standard InChI is InChI=1S/C20H30BNO2/c1-19(2)13-21(24-20(19,3)4)14-5-7-15(8-6-14)22-16-9-10-17(22)12-18(23)11-16/h5-8,16-18,23H,9-13H2,1-4H3. The van der Waals surface area contributed by atoms with E-state index in [-0.39, 0.29) is 24.0 Å². The van der Waals surface area contributed by atoms with Crippen LogP contribution in [0.2, 0.25) is 6.32 Å². The summed E-state index contributed by atoms with van der Waals surface area (Å²) in [5.41, 5.74) is 2.72. The van der Waals surface area contributed by atoms with Crippen LogP contribution in [0.1, 0.15) is 53.4 Å². The highest BCUT2D eigenvalue weighted by atomic mass is 16.5. The number of benzene rings is 1. The van der Waals surface area contributed by atoms with Crippen molar-refractivity contribution in [2.24, 2.45) is 5.41 Å². The van der Waals surface area contributed by atoms with Crippen LogP contribution in [0, 0.1) is 5.41 Å². The molecule has 130 valence electrons. The van der Waals surface area contributed by atoms with Crippen molar-refractivity contribution in [3.63, 3.8) is 0 Å². The van der Waals surface area contributed by atoms with Gasteiger partial charge in [-0.1, -0.05) is 26.0 Å². The molecule has 1 aromatic carbocycles. The summed E-state index contributed by atoms with van der Waals surface area (Å²) in [6.45, 7) is 9.22. The number of anilines is 1. The molecular formula is C20H30BNO2. The van der Waals surface area contributed by atoms with Crippen molar-refractivity contribution in [3.8, 4) is 0 Å². The van der Waals surface area contributed by atoms with E-state index in [0.717, 1.165) is 19.2 Å². The van der Waals surface area contributed by atoms with Gasteiger partial charge in [-0.3, -0.25) is 0 Å². The van der Waals surface area contributed by atoms with E-state index in [4.69, 9.17) is 4.65 Å². The average molecular weight is 327 g/mol. The topological polar surface area (TPSA) is 32.7 Å². The Morgan fingerprint density at radius 2 is 1.62 bits per heavy atom. The van der Waals surface area contributed by atoms with Crippen molar-refractivity contribution in [1.82, 2.24) is 0 Å². The second kappa shape index (κ2) is 5.50. The largest absolute Gasteiger partial charge is 0.426 e. The first kappa shape index (κ1) is 16.5. The molecule has 0 saturated carbocycles. The predicted octanol–water partition coefficient (Wildman–Crippen LogP) is 3.21. The van der Waals surface area contributed by atoms with Crippen LogP contribution in [0.25, 0.3) is 0 Å². The van der Waals surface area contributed by atoms with E-state index in [2.05, 4.69) is 56.9 Å². The Morgan fingerprint density at radius 3 is 2.12 bits per heavy atom. The summed E-state index contributed by atoms with van der Waals surface area (Å²) >= 11 is 0. The van der Waals surface area contributed by atoms with Gasteiger partial charge in [0.1, 0.15) is 0 Å². The molecule has 1 aromatic rings. The maximum absolute atomic E-state index is 10.00. The zero-order valence-corrected chi connectivity index (χ0v) is 15.5. The van der Waals surface area contributed by atoms with Crippen LogP contribution in [-0.2, 0) is 4.65 Å². The van der Waals surface area contributed by atoms with Gasteiger partial charge in [0.25, 0.3) is 0 Å². The molecule has 3 fully saturated rings. The molecule has 3 aliphatic rings. The summed E-state index contributed by atoms with van der Waals surface area (Å²) in [5, 5.41) is 10.00. The number of fused-ring (bicyclic) bond motifs is 2. The van der Waals surface area contributed by atoms with Crippen LogP contribution in [0.5, 0.6) is 0 Å². The lowest BCUT2D eigenvalue weighted by Gasteiger charge is -2.39. The minimum absolute atomic E-state index is 0.0849. The number of aliphatic hydroxyl groups excluding tert-OH is 1. The number of aliphatic hydroxyl groups is 1. The van der Waals surface area contributed by atoms with Crippen molar-refractivity contribution in [3.05, 3.63) is 24.3 Å². The molecule has 24 heavy (non-hydrogen) atoms. The Kier molecular flexibility index (Phi) is 3.78.